The topological polar surface area (TPSA) is 98.4 Å². The molecule has 2 aromatic heterocycles. The number of furan rings is 1. The van der Waals surface area contributed by atoms with Gasteiger partial charge in [0.2, 0.25) is 0 Å². The third kappa shape index (κ3) is 5.69. The quantitative estimate of drug-likeness (QED) is 0.364. The zero-order valence-electron chi connectivity index (χ0n) is 17.7. The van der Waals surface area contributed by atoms with E-state index >= 15 is 0 Å². The highest BCUT2D eigenvalue weighted by molar-refractivity contribution is 9.10. The molecule has 8 nitrogen and oxygen atoms in total. The van der Waals surface area contributed by atoms with Crippen molar-refractivity contribution in [1.29, 1.82) is 0 Å². The molecule has 2 aromatic carbocycles. The number of hydrogen-bond donors (Lipinski definition) is 2. The molecule has 4 aromatic rings. The van der Waals surface area contributed by atoms with Crippen LogP contribution in [0, 0.1) is 0 Å². The number of anilines is 1. The Bertz CT molecular complexity index is 1250. The van der Waals surface area contributed by atoms with E-state index in [1.54, 1.807) is 37.5 Å². The van der Waals surface area contributed by atoms with E-state index in [9.17, 15) is 9.59 Å². The average Bonchev–Trinajstić information content (AvgIpc) is 3.47. The lowest BCUT2D eigenvalue weighted by Gasteiger charge is -2.09. The number of amides is 2. The Morgan fingerprint density at radius 2 is 1.85 bits per heavy atom. The maximum atomic E-state index is 12.7. The van der Waals surface area contributed by atoms with Crippen molar-refractivity contribution in [2.45, 2.75) is 13.2 Å². The van der Waals surface area contributed by atoms with Gasteiger partial charge in [-0.1, -0.05) is 24.3 Å². The van der Waals surface area contributed by atoms with Gasteiger partial charge in [-0.25, -0.2) is 0 Å². The Kier molecular flexibility index (Phi) is 6.89. The van der Waals surface area contributed by atoms with Crippen molar-refractivity contribution in [2.24, 2.45) is 7.05 Å². The van der Waals surface area contributed by atoms with Gasteiger partial charge in [-0.2, -0.15) is 5.10 Å². The molecule has 4 rings (SSSR count). The molecule has 0 atom stereocenters. The van der Waals surface area contributed by atoms with Gasteiger partial charge >= 0.3 is 0 Å². The van der Waals surface area contributed by atoms with Crippen LogP contribution in [0.15, 0.2) is 82.0 Å². The van der Waals surface area contributed by atoms with E-state index in [1.165, 1.54) is 10.9 Å². The standard InChI is InChI=1S/C24H21BrN4O4/c1-29-14-20(22(28-29)24(31)26-13-18-5-4-12-32-18)27-23(30)17-10-8-16(9-11-17)15-33-21-7-3-2-6-19(21)25/h2-12,14H,13,15H2,1H3,(H,26,31)(H,27,30). The third-order valence-electron chi connectivity index (χ3n) is 4.74. The van der Waals surface area contributed by atoms with Crippen LogP contribution in [-0.2, 0) is 20.2 Å². The van der Waals surface area contributed by atoms with Crippen LogP contribution in [0.2, 0.25) is 0 Å². The van der Waals surface area contributed by atoms with Crippen molar-refractivity contribution in [3.05, 3.63) is 100 Å². The lowest BCUT2D eigenvalue weighted by Crippen LogP contribution is -2.25. The van der Waals surface area contributed by atoms with Crippen LogP contribution < -0.4 is 15.4 Å². The first-order valence-corrected chi connectivity index (χ1v) is 10.9. The third-order valence-corrected chi connectivity index (χ3v) is 5.40. The van der Waals surface area contributed by atoms with Gasteiger partial charge in [0.05, 0.1) is 23.0 Å². The van der Waals surface area contributed by atoms with E-state index in [4.69, 9.17) is 9.15 Å². The van der Waals surface area contributed by atoms with E-state index in [0.717, 1.165) is 15.8 Å². The van der Waals surface area contributed by atoms with Crippen molar-refractivity contribution in [3.63, 3.8) is 0 Å². The number of nitrogens with one attached hydrogen (secondary N) is 2. The smallest absolute Gasteiger partial charge is 0.274 e. The largest absolute Gasteiger partial charge is 0.488 e. The van der Waals surface area contributed by atoms with Crippen molar-refractivity contribution in [2.75, 3.05) is 5.32 Å². The lowest BCUT2D eigenvalue weighted by molar-refractivity contribution is 0.0943. The number of hydrogen-bond acceptors (Lipinski definition) is 5. The Hall–Kier alpha value is -3.85. The fourth-order valence-corrected chi connectivity index (χ4v) is 3.48. The summed E-state index contributed by atoms with van der Waals surface area (Å²) in [5, 5.41) is 9.66. The number of nitrogens with zero attached hydrogens (tertiary/aromatic N) is 2. The van der Waals surface area contributed by atoms with Gasteiger partial charge < -0.3 is 19.8 Å². The van der Waals surface area contributed by atoms with Crippen LogP contribution in [0.5, 0.6) is 5.75 Å². The lowest BCUT2D eigenvalue weighted by atomic mass is 10.1. The first-order chi connectivity index (χ1) is 16.0. The summed E-state index contributed by atoms with van der Waals surface area (Å²) in [5.74, 6) is 0.602. The van der Waals surface area contributed by atoms with Crippen molar-refractivity contribution >= 4 is 33.4 Å². The fourth-order valence-electron chi connectivity index (χ4n) is 3.08. The molecular formula is C24H21BrN4O4. The molecule has 168 valence electrons. The molecule has 0 aliphatic heterocycles. The first kappa shape index (κ1) is 22.3. The predicted molar refractivity (Wildman–Crippen MR) is 126 cm³/mol. The average molecular weight is 509 g/mol. The number of benzene rings is 2. The normalized spacial score (nSPS) is 10.6. The molecular weight excluding hydrogens is 488 g/mol. The Balaban J connectivity index is 1.38. The van der Waals surface area contributed by atoms with Gasteiger partial charge in [0.15, 0.2) is 5.69 Å². The summed E-state index contributed by atoms with van der Waals surface area (Å²) in [5.41, 5.74) is 1.81. The van der Waals surface area contributed by atoms with Crippen LogP contribution >= 0.6 is 15.9 Å². The number of aryl methyl sites for hydroxylation is 1. The number of carbonyl (C=O) groups is 2. The van der Waals surface area contributed by atoms with Crippen LogP contribution in [0.3, 0.4) is 0 Å². The summed E-state index contributed by atoms with van der Waals surface area (Å²) < 4.78 is 13.4. The van der Waals surface area contributed by atoms with Gasteiger partial charge in [0.25, 0.3) is 11.8 Å². The second-order valence-electron chi connectivity index (χ2n) is 7.20. The van der Waals surface area contributed by atoms with Crippen LogP contribution in [-0.4, -0.2) is 21.6 Å². The zero-order chi connectivity index (χ0) is 23.2. The fraction of sp³-hybridized carbons (Fsp3) is 0.125. The Labute approximate surface area is 198 Å². The van der Waals surface area contributed by atoms with Gasteiger partial charge in [0.1, 0.15) is 18.1 Å². The second-order valence-corrected chi connectivity index (χ2v) is 8.05. The first-order valence-electron chi connectivity index (χ1n) is 10.1. The monoisotopic (exact) mass is 508 g/mol. The molecule has 0 fully saturated rings. The van der Waals surface area contributed by atoms with Gasteiger partial charge in [-0.05, 0) is 57.9 Å². The summed E-state index contributed by atoms with van der Waals surface area (Å²) in [7, 11) is 1.68. The van der Waals surface area contributed by atoms with Crippen LogP contribution in [0.1, 0.15) is 32.2 Å². The Morgan fingerprint density at radius 3 is 2.58 bits per heavy atom. The molecule has 0 bridgehead atoms. The molecule has 0 unspecified atom stereocenters. The number of aromatic nitrogens is 2. The predicted octanol–water partition coefficient (Wildman–Crippen LogP) is 4.54. The maximum absolute atomic E-state index is 12.7. The van der Waals surface area contributed by atoms with Gasteiger partial charge in [-0.15, -0.1) is 0 Å². The van der Waals surface area contributed by atoms with E-state index in [-0.39, 0.29) is 18.1 Å². The van der Waals surface area contributed by atoms with E-state index in [0.29, 0.717) is 23.6 Å². The van der Waals surface area contributed by atoms with Crippen molar-refractivity contribution in [3.8, 4) is 5.75 Å². The highest BCUT2D eigenvalue weighted by Gasteiger charge is 2.19. The summed E-state index contributed by atoms with van der Waals surface area (Å²) in [4.78, 5) is 25.3. The van der Waals surface area contributed by atoms with E-state index < -0.39 is 5.91 Å². The molecule has 2 amide bonds. The second kappa shape index (κ2) is 10.2. The molecule has 9 heteroatoms. The minimum absolute atomic E-state index is 0.121. The molecule has 0 aliphatic rings. The highest BCUT2D eigenvalue weighted by Crippen LogP contribution is 2.24. The summed E-state index contributed by atoms with van der Waals surface area (Å²) in [6.45, 7) is 0.589. The van der Waals surface area contributed by atoms with Crippen LogP contribution in [0.4, 0.5) is 5.69 Å². The molecule has 33 heavy (non-hydrogen) atoms. The van der Waals surface area contributed by atoms with Crippen molar-refractivity contribution < 1.29 is 18.7 Å². The summed E-state index contributed by atoms with van der Waals surface area (Å²) in [6, 6.07) is 18.2. The van der Waals surface area contributed by atoms with E-state index in [2.05, 4.69) is 31.7 Å². The summed E-state index contributed by atoms with van der Waals surface area (Å²) >= 11 is 3.45. The number of carbonyl (C=O) groups excluding carboxylic acids is 2. The number of ether oxygens (including phenoxy) is 1. The SMILES string of the molecule is Cn1cc(NC(=O)c2ccc(COc3ccccc3Br)cc2)c(C(=O)NCc2ccco2)n1. The molecule has 0 spiro atoms. The van der Waals surface area contributed by atoms with Crippen LogP contribution in [0.25, 0.3) is 0 Å². The molecule has 0 radical (unpaired) electrons. The van der Waals surface area contributed by atoms with Gasteiger partial charge in [0, 0.05) is 18.8 Å². The van der Waals surface area contributed by atoms with Crippen molar-refractivity contribution in [1.82, 2.24) is 15.1 Å². The number of halogens is 1. The molecule has 2 N–H and O–H groups in total. The minimum Gasteiger partial charge on any atom is -0.488 e. The number of rotatable bonds is 8. The molecule has 0 saturated carbocycles. The molecule has 0 saturated heterocycles. The van der Waals surface area contributed by atoms with E-state index in [1.807, 2.05) is 36.4 Å². The maximum Gasteiger partial charge on any atom is 0.274 e. The minimum atomic E-state index is -0.415. The molecule has 0 aliphatic carbocycles. The Morgan fingerprint density at radius 1 is 1.06 bits per heavy atom. The summed E-state index contributed by atoms with van der Waals surface area (Å²) in [6.07, 6.45) is 3.12. The highest BCUT2D eigenvalue weighted by atomic mass is 79.9. The zero-order valence-corrected chi connectivity index (χ0v) is 19.3. The number of para-hydroxylation sites is 1. The molecule has 2 heterocycles. The van der Waals surface area contributed by atoms with Gasteiger partial charge in [-0.3, -0.25) is 14.3 Å².